The van der Waals surface area contributed by atoms with Crippen LogP contribution in [0.2, 0.25) is 5.15 Å². The lowest BCUT2D eigenvalue weighted by Gasteiger charge is -2.01. The largest absolute Gasteiger partial charge is 0.377 e. The minimum Gasteiger partial charge on any atom is -0.377 e. The second-order valence-electron chi connectivity index (χ2n) is 1.68. The number of aromatic nitrogens is 1. The maximum absolute atomic E-state index is 8.45. The summed E-state index contributed by atoms with van der Waals surface area (Å²) in [5.41, 5.74) is 0.645. The number of nitrogens with zero attached hydrogens (tertiary/aromatic N) is 1. The van der Waals surface area contributed by atoms with Gasteiger partial charge in [-0.1, -0.05) is 11.6 Å². The second kappa shape index (κ2) is 3.39. The molecule has 0 saturated carbocycles. The van der Waals surface area contributed by atoms with Gasteiger partial charge in [0.25, 0.3) is 0 Å². The van der Waals surface area contributed by atoms with Crippen molar-refractivity contribution in [2.45, 2.75) is 0 Å². The minimum absolute atomic E-state index is 0.134. The van der Waals surface area contributed by atoms with Crippen molar-refractivity contribution in [2.75, 3.05) is 12.0 Å². The molecule has 1 rings (SSSR count). The highest BCUT2D eigenvalue weighted by Crippen LogP contribution is 2.16. The van der Waals surface area contributed by atoms with Crippen molar-refractivity contribution in [1.29, 1.82) is 0 Å². The molecule has 0 amide bonds. The summed E-state index contributed by atoms with van der Waals surface area (Å²) in [5, 5.41) is 11.5. The molecule has 54 valence electrons. The first-order valence-electron chi connectivity index (χ1n) is 2.80. The molecule has 0 saturated heterocycles. The van der Waals surface area contributed by atoms with Crippen LogP contribution in [0.1, 0.15) is 0 Å². The lowest BCUT2D eigenvalue weighted by Crippen LogP contribution is -1.99. The Morgan fingerprint density at radius 2 is 2.50 bits per heavy atom. The monoisotopic (exact) mass is 158 g/mol. The molecule has 0 fully saturated rings. The number of nitrogens with one attached hydrogen (secondary N) is 1. The second-order valence-corrected chi connectivity index (χ2v) is 2.03. The van der Waals surface area contributed by atoms with Gasteiger partial charge in [0.1, 0.15) is 6.73 Å². The van der Waals surface area contributed by atoms with Gasteiger partial charge < -0.3 is 10.4 Å². The summed E-state index contributed by atoms with van der Waals surface area (Å²) in [5.74, 6) is 0. The molecule has 0 unspecified atom stereocenters. The molecule has 0 radical (unpaired) electrons. The summed E-state index contributed by atoms with van der Waals surface area (Å²) < 4.78 is 0. The van der Waals surface area contributed by atoms with Gasteiger partial charge in [0.05, 0.1) is 5.69 Å². The van der Waals surface area contributed by atoms with Crippen molar-refractivity contribution in [3.05, 3.63) is 23.5 Å². The van der Waals surface area contributed by atoms with Crippen LogP contribution in [-0.4, -0.2) is 16.8 Å². The van der Waals surface area contributed by atoms with Crippen molar-refractivity contribution >= 4 is 17.3 Å². The third kappa shape index (κ3) is 1.59. The van der Waals surface area contributed by atoms with E-state index in [0.29, 0.717) is 10.8 Å². The molecule has 2 N–H and O–H groups in total. The van der Waals surface area contributed by atoms with Crippen LogP contribution in [0, 0.1) is 0 Å². The van der Waals surface area contributed by atoms with Crippen LogP contribution in [0.25, 0.3) is 0 Å². The zero-order chi connectivity index (χ0) is 7.40. The standard InChI is InChI=1S/C6H7ClN2O/c7-6-5(9-4-10)2-1-3-8-6/h1-3,9-10H,4H2. The fourth-order valence-electron chi connectivity index (χ4n) is 0.603. The maximum Gasteiger partial charge on any atom is 0.152 e. The van der Waals surface area contributed by atoms with Gasteiger partial charge in [-0.3, -0.25) is 0 Å². The number of aliphatic hydroxyl groups excluding tert-OH is 1. The quantitative estimate of drug-likeness (QED) is 0.501. The van der Waals surface area contributed by atoms with Crippen LogP contribution in [0.15, 0.2) is 18.3 Å². The summed E-state index contributed by atoms with van der Waals surface area (Å²) in [7, 11) is 0. The van der Waals surface area contributed by atoms with E-state index in [4.69, 9.17) is 16.7 Å². The summed E-state index contributed by atoms with van der Waals surface area (Å²) in [6, 6.07) is 3.48. The van der Waals surface area contributed by atoms with Crippen molar-refractivity contribution in [1.82, 2.24) is 4.98 Å². The number of hydrogen-bond acceptors (Lipinski definition) is 3. The molecule has 0 atom stereocenters. The fraction of sp³-hybridized carbons (Fsp3) is 0.167. The van der Waals surface area contributed by atoms with E-state index < -0.39 is 0 Å². The summed E-state index contributed by atoms with van der Waals surface area (Å²) >= 11 is 5.62. The number of hydrogen-bond donors (Lipinski definition) is 2. The van der Waals surface area contributed by atoms with Gasteiger partial charge in [-0.2, -0.15) is 0 Å². The predicted octanol–water partition coefficient (Wildman–Crippen LogP) is 1.10. The van der Waals surface area contributed by atoms with Gasteiger partial charge >= 0.3 is 0 Å². The van der Waals surface area contributed by atoms with Crippen molar-refractivity contribution < 1.29 is 5.11 Å². The zero-order valence-electron chi connectivity index (χ0n) is 5.21. The summed E-state index contributed by atoms with van der Waals surface area (Å²) in [6.07, 6.45) is 1.59. The van der Waals surface area contributed by atoms with Crippen LogP contribution < -0.4 is 5.32 Å². The van der Waals surface area contributed by atoms with Gasteiger partial charge in [-0.15, -0.1) is 0 Å². The molecule has 0 bridgehead atoms. The van der Waals surface area contributed by atoms with Gasteiger partial charge in [0.2, 0.25) is 0 Å². The topological polar surface area (TPSA) is 45.1 Å². The average Bonchev–Trinajstić information content (AvgIpc) is 1.94. The van der Waals surface area contributed by atoms with E-state index >= 15 is 0 Å². The van der Waals surface area contributed by atoms with Crippen molar-refractivity contribution in [3.8, 4) is 0 Å². The van der Waals surface area contributed by atoms with Crippen LogP contribution >= 0.6 is 11.6 Å². The Hall–Kier alpha value is -0.800. The van der Waals surface area contributed by atoms with Gasteiger partial charge in [0.15, 0.2) is 5.15 Å². The smallest absolute Gasteiger partial charge is 0.152 e. The molecule has 1 aromatic heterocycles. The Morgan fingerprint density at radius 3 is 3.10 bits per heavy atom. The number of aliphatic hydroxyl groups is 1. The Balaban J connectivity index is 2.81. The van der Waals surface area contributed by atoms with Crippen molar-refractivity contribution in [3.63, 3.8) is 0 Å². The molecule has 10 heavy (non-hydrogen) atoms. The molecular weight excluding hydrogens is 152 g/mol. The molecule has 0 aliphatic carbocycles. The van der Waals surface area contributed by atoms with Crippen LogP contribution in [0.3, 0.4) is 0 Å². The van der Waals surface area contributed by atoms with E-state index in [2.05, 4.69) is 10.3 Å². The van der Waals surface area contributed by atoms with Gasteiger partial charge in [-0.05, 0) is 12.1 Å². The van der Waals surface area contributed by atoms with Gasteiger partial charge in [-0.25, -0.2) is 4.98 Å². The average molecular weight is 159 g/mol. The van der Waals surface area contributed by atoms with Crippen molar-refractivity contribution in [2.24, 2.45) is 0 Å². The van der Waals surface area contributed by atoms with Gasteiger partial charge in [0, 0.05) is 6.20 Å². The summed E-state index contributed by atoms with van der Waals surface area (Å²) in [4.78, 5) is 3.79. The molecule has 4 heteroatoms. The van der Waals surface area contributed by atoms with E-state index in [1.54, 1.807) is 18.3 Å². The Labute approximate surface area is 63.7 Å². The molecule has 1 aromatic rings. The third-order valence-electron chi connectivity index (χ3n) is 1.03. The zero-order valence-corrected chi connectivity index (χ0v) is 5.97. The highest BCUT2D eigenvalue weighted by molar-refractivity contribution is 6.31. The van der Waals surface area contributed by atoms with E-state index in [1.165, 1.54) is 0 Å². The molecule has 3 nitrogen and oxygen atoms in total. The molecule has 0 aromatic carbocycles. The third-order valence-corrected chi connectivity index (χ3v) is 1.33. The first-order valence-corrected chi connectivity index (χ1v) is 3.17. The Bertz CT molecular complexity index is 217. The van der Waals surface area contributed by atoms with Crippen LogP contribution in [0.4, 0.5) is 5.69 Å². The van der Waals surface area contributed by atoms with E-state index in [1.807, 2.05) is 0 Å². The van der Waals surface area contributed by atoms with E-state index in [0.717, 1.165) is 0 Å². The maximum atomic E-state index is 8.45. The Kier molecular flexibility index (Phi) is 2.48. The number of rotatable bonds is 2. The number of pyridine rings is 1. The highest BCUT2D eigenvalue weighted by Gasteiger charge is 1.95. The van der Waals surface area contributed by atoms with Crippen LogP contribution in [0.5, 0.6) is 0 Å². The molecule has 0 aliphatic rings. The number of halogens is 1. The minimum atomic E-state index is -0.134. The SMILES string of the molecule is OCNc1cccnc1Cl. The lowest BCUT2D eigenvalue weighted by atomic mass is 10.4. The predicted molar refractivity (Wildman–Crippen MR) is 40.0 cm³/mol. The fourth-order valence-corrected chi connectivity index (χ4v) is 0.789. The van der Waals surface area contributed by atoms with Crippen LogP contribution in [-0.2, 0) is 0 Å². The Morgan fingerprint density at radius 1 is 1.70 bits per heavy atom. The first kappa shape index (κ1) is 7.31. The highest BCUT2D eigenvalue weighted by atomic mass is 35.5. The molecule has 0 aliphatic heterocycles. The molecule has 1 heterocycles. The first-order chi connectivity index (χ1) is 4.84. The molecular formula is C6H7ClN2O. The van der Waals surface area contributed by atoms with E-state index in [-0.39, 0.29) is 6.73 Å². The lowest BCUT2D eigenvalue weighted by molar-refractivity contribution is 0.325. The summed E-state index contributed by atoms with van der Waals surface area (Å²) in [6.45, 7) is -0.134. The molecule has 0 spiro atoms. The number of anilines is 1. The van der Waals surface area contributed by atoms with E-state index in [9.17, 15) is 0 Å². The normalized spacial score (nSPS) is 9.40.